The fraction of sp³-hybridized carbons (Fsp3) is 0.190. The Balaban J connectivity index is 1.73. The smallest absolute Gasteiger partial charge is 0.159 e. The minimum atomic E-state index is 0.0107. The Morgan fingerprint density at radius 3 is 2.44 bits per heavy atom. The Kier molecular flexibility index (Phi) is 3.84. The summed E-state index contributed by atoms with van der Waals surface area (Å²) in [6, 6.07) is 13.9. The lowest BCUT2D eigenvalue weighted by Gasteiger charge is -2.14. The third-order valence-corrected chi connectivity index (χ3v) is 4.64. The van der Waals surface area contributed by atoms with Crippen LogP contribution in [-0.4, -0.2) is 26.9 Å². The lowest BCUT2D eigenvalue weighted by molar-refractivity contribution is 0.567. The molecule has 27 heavy (non-hydrogen) atoms. The van der Waals surface area contributed by atoms with Gasteiger partial charge in [-0.1, -0.05) is 32.9 Å². The van der Waals surface area contributed by atoms with Gasteiger partial charge >= 0.3 is 0 Å². The predicted octanol–water partition coefficient (Wildman–Crippen LogP) is 4.83. The molecule has 136 valence electrons. The first-order valence-corrected chi connectivity index (χ1v) is 8.78. The largest absolute Gasteiger partial charge is 0.397 e. The summed E-state index contributed by atoms with van der Waals surface area (Å²) in [5, 5.41) is 7.51. The zero-order valence-corrected chi connectivity index (χ0v) is 15.7. The Morgan fingerprint density at radius 1 is 1.04 bits per heavy atom. The molecule has 0 amide bonds. The minimum Gasteiger partial charge on any atom is -0.397 e. The van der Waals surface area contributed by atoms with Gasteiger partial charge in [-0.2, -0.15) is 5.10 Å². The lowest BCUT2D eigenvalue weighted by Crippen LogP contribution is -2.11. The molecule has 6 heteroatoms. The average molecular weight is 358 g/mol. The van der Waals surface area contributed by atoms with Crippen LogP contribution in [0.4, 0.5) is 11.4 Å². The Bertz CT molecular complexity index is 1140. The van der Waals surface area contributed by atoms with E-state index in [2.05, 4.69) is 58.7 Å². The molecule has 4 rings (SSSR count). The molecule has 0 saturated carbocycles. The molecule has 4 N–H and O–H groups in total. The molecule has 0 radical (unpaired) electrons. The fourth-order valence-corrected chi connectivity index (χ4v) is 3.02. The number of aromatic amines is 2. The summed E-state index contributed by atoms with van der Waals surface area (Å²) >= 11 is 0. The first kappa shape index (κ1) is 17.0. The number of nitrogen functional groups attached to an aromatic ring is 1. The van der Waals surface area contributed by atoms with Crippen molar-refractivity contribution in [3.63, 3.8) is 0 Å². The summed E-state index contributed by atoms with van der Waals surface area (Å²) in [4.78, 5) is 12.0. The number of rotatable bonds is 3. The van der Waals surface area contributed by atoms with Crippen molar-refractivity contribution in [3.05, 3.63) is 48.2 Å². The molecule has 0 unspecified atom stereocenters. The number of nitrogens with two attached hydrogens (primary N) is 1. The highest BCUT2D eigenvalue weighted by Crippen LogP contribution is 2.31. The van der Waals surface area contributed by atoms with Crippen molar-refractivity contribution in [1.82, 2.24) is 20.2 Å². The molecular weight excluding hydrogens is 336 g/mol. The van der Waals surface area contributed by atoms with Crippen LogP contribution in [-0.2, 0) is 5.41 Å². The molecule has 6 nitrogen and oxygen atoms in total. The second-order valence-corrected chi connectivity index (χ2v) is 7.67. The minimum absolute atomic E-state index is 0.0107. The fourth-order valence-electron chi connectivity index (χ4n) is 3.02. The van der Waals surface area contributed by atoms with E-state index in [1.54, 1.807) is 0 Å². The van der Waals surface area contributed by atoms with Gasteiger partial charge in [0.25, 0.3) is 0 Å². The Hall–Kier alpha value is -3.41. The van der Waals surface area contributed by atoms with E-state index in [9.17, 15) is 0 Å². The monoisotopic (exact) mass is 358 g/mol. The average Bonchev–Trinajstić information content (AvgIpc) is 3.27. The Labute approximate surface area is 157 Å². The van der Waals surface area contributed by atoms with Crippen LogP contribution < -0.4 is 5.73 Å². The van der Waals surface area contributed by atoms with Crippen molar-refractivity contribution >= 4 is 29.1 Å². The molecule has 4 aromatic rings. The summed E-state index contributed by atoms with van der Waals surface area (Å²) in [6.45, 7) is 9.97. The molecule has 0 saturated heterocycles. The number of nitrogens with one attached hydrogen (secondary N) is 2. The number of anilines is 1. The molecule has 2 heterocycles. The van der Waals surface area contributed by atoms with Crippen LogP contribution in [0, 0.1) is 0 Å². The van der Waals surface area contributed by atoms with E-state index in [0.29, 0.717) is 11.4 Å². The number of aromatic nitrogens is 4. The second kappa shape index (κ2) is 6.09. The number of H-pyrrole nitrogens is 2. The van der Waals surface area contributed by atoms with E-state index in [0.717, 1.165) is 39.4 Å². The number of benzene rings is 2. The molecule has 0 spiro atoms. The molecule has 0 bridgehead atoms. The molecule has 2 aromatic carbocycles. The van der Waals surface area contributed by atoms with Gasteiger partial charge in [0.2, 0.25) is 0 Å². The quantitative estimate of drug-likeness (QED) is 0.361. The Morgan fingerprint density at radius 2 is 1.78 bits per heavy atom. The van der Waals surface area contributed by atoms with Crippen molar-refractivity contribution in [3.8, 4) is 22.6 Å². The van der Waals surface area contributed by atoms with Gasteiger partial charge in [0.1, 0.15) is 5.69 Å². The van der Waals surface area contributed by atoms with Crippen LogP contribution in [0.2, 0.25) is 0 Å². The topological polar surface area (TPSA) is 95.7 Å². The molecule has 0 fully saturated rings. The standard InChI is InChI=1S/C21H22N6/c1-21(2,3)19-11-18(26-27-19)20-24-16-8-6-13(10-17(16)25-20)12-5-7-15(23-4)14(22)9-12/h5-11H,4,22H2,1-3H3,(H,24,25)(H,26,27). The summed E-state index contributed by atoms with van der Waals surface area (Å²) in [6.07, 6.45) is 0. The van der Waals surface area contributed by atoms with Gasteiger partial charge in [-0.15, -0.1) is 0 Å². The number of imidazole rings is 1. The first-order chi connectivity index (χ1) is 12.8. The van der Waals surface area contributed by atoms with Gasteiger partial charge in [0.05, 0.1) is 22.4 Å². The van der Waals surface area contributed by atoms with Gasteiger partial charge in [0, 0.05) is 11.1 Å². The van der Waals surface area contributed by atoms with E-state index in [1.807, 2.05) is 36.4 Å². The van der Waals surface area contributed by atoms with Crippen molar-refractivity contribution < 1.29 is 0 Å². The molecule has 0 aliphatic rings. The van der Waals surface area contributed by atoms with Crippen molar-refractivity contribution in [2.45, 2.75) is 26.2 Å². The molecule has 0 aliphatic carbocycles. The highest BCUT2D eigenvalue weighted by Gasteiger charge is 2.18. The highest BCUT2D eigenvalue weighted by molar-refractivity contribution is 5.85. The van der Waals surface area contributed by atoms with Crippen LogP contribution >= 0.6 is 0 Å². The van der Waals surface area contributed by atoms with Gasteiger partial charge in [0.15, 0.2) is 5.82 Å². The van der Waals surface area contributed by atoms with E-state index < -0.39 is 0 Å². The van der Waals surface area contributed by atoms with Gasteiger partial charge < -0.3 is 10.7 Å². The number of fused-ring (bicyclic) bond motifs is 1. The van der Waals surface area contributed by atoms with Crippen LogP contribution in [0.25, 0.3) is 33.7 Å². The predicted molar refractivity (Wildman–Crippen MR) is 111 cm³/mol. The SMILES string of the molecule is C=Nc1ccc(-c2ccc3nc(-c4cc(C(C)(C)C)[nH]n4)[nH]c3c2)cc1N. The number of hydrogen-bond acceptors (Lipinski definition) is 4. The van der Waals surface area contributed by atoms with Crippen LogP contribution in [0.1, 0.15) is 26.5 Å². The van der Waals surface area contributed by atoms with Gasteiger partial charge in [-0.25, -0.2) is 4.98 Å². The van der Waals surface area contributed by atoms with E-state index in [1.165, 1.54) is 0 Å². The third kappa shape index (κ3) is 3.10. The maximum absolute atomic E-state index is 6.03. The molecular formula is C21H22N6. The number of hydrogen-bond donors (Lipinski definition) is 3. The zero-order valence-electron chi connectivity index (χ0n) is 15.7. The first-order valence-electron chi connectivity index (χ1n) is 8.78. The summed E-state index contributed by atoms with van der Waals surface area (Å²) in [7, 11) is 0. The normalized spacial score (nSPS) is 11.8. The lowest BCUT2D eigenvalue weighted by atomic mass is 9.92. The van der Waals surface area contributed by atoms with E-state index in [4.69, 9.17) is 5.73 Å². The molecule has 2 aromatic heterocycles. The van der Waals surface area contributed by atoms with Crippen molar-refractivity contribution in [1.29, 1.82) is 0 Å². The third-order valence-electron chi connectivity index (χ3n) is 4.64. The maximum Gasteiger partial charge on any atom is 0.159 e. The van der Waals surface area contributed by atoms with Crippen molar-refractivity contribution in [2.75, 3.05) is 5.73 Å². The number of aliphatic imine (C=N–C) groups is 1. The van der Waals surface area contributed by atoms with Gasteiger partial charge in [-0.3, -0.25) is 10.1 Å². The molecule has 0 atom stereocenters. The molecule has 0 aliphatic heterocycles. The maximum atomic E-state index is 6.03. The van der Waals surface area contributed by atoms with Crippen LogP contribution in [0.3, 0.4) is 0 Å². The van der Waals surface area contributed by atoms with E-state index in [-0.39, 0.29) is 5.41 Å². The van der Waals surface area contributed by atoms with Crippen LogP contribution in [0.15, 0.2) is 47.5 Å². The van der Waals surface area contributed by atoms with Crippen molar-refractivity contribution in [2.24, 2.45) is 4.99 Å². The zero-order chi connectivity index (χ0) is 19.2. The van der Waals surface area contributed by atoms with E-state index >= 15 is 0 Å². The van der Waals surface area contributed by atoms with Gasteiger partial charge in [-0.05, 0) is 48.2 Å². The summed E-state index contributed by atoms with van der Waals surface area (Å²) in [5.74, 6) is 0.750. The number of nitrogens with zero attached hydrogens (tertiary/aromatic N) is 3. The summed E-state index contributed by atoms with van der Waals surface area (Å²) in [5.41, 5.74) is 13.1. The second-order valence-electron chi connectivity index (χ2n) is 7.67. The highest BCUT2D eigenvalue weighted by atomic mass is 15.1. The summed E-state index contributed by atoms with van der Waals surface area (Å²) < 4.78 is 0. The van der Waals surface area contributed by atoms with Crippen LogP contribution in [0.5, 0.6) is 0 Å².